The van der Waals surface area contributed by atoms with Gasteiger partial charge in [0, 0.05) is 23.9 Å². The molecule has 27 heavy (non-hydrogen) atoms. The predicted molar refractivity (Wildman–Crippen MR) is 99.2 cm³/mol. The molecule has 0 radical (unpaired) electrons. The smallest absolute Gasteiger partial charge is 0.191 e. The molecule has 0 amide bonds. The molecule has 5 nitrogen and oxygen atoms in total. The van der Waals surface area contributed by atoms with Crippen LogP contribution in [0.3, 0.4) is 0 Å². The summed E-state index contributed by atoms with van der Waals surface area (Å²) >= 11 is 1.33. The number of ether oxygens (including phenoxy) is 1. The minimum absolute atomic E-state index is 0.0873. The Balaban J connectivity index is 1.50. The minimum Gasteiger partial charge on any atom is -0.390 e. The Morgan fingerprint density at radius 3 is 2.59 bits per heavy atom. The Bertz CT molecular complexity index is 887. The van der Waals surface area contributed by atoms with Crippen LogP contribution in [0.25, 0.3) is 11.4 Å². The normalized spacial score (nSPS) is 12.3. The highest BCUT2D eigenvalue weighted by Crippen LogP contribution is 2.23. The van der Waals surface area contributed by atoms with E-state index in [0.717, 1.165) is 5.56 Å². The quantitative estimate of drug-likeness (QED) is 0.596. The van der Waals surface area contributed by atoms with Gasteiger partial charge in [0.05, 0.1) is 19.3 Å². The largest absolute Gasteiger partial charge is 0.390 e. The van der Waals surface area contributed by atoms with E-state index in [-0.39, 0.29) is 24.8 Å². The fourth-order valence-corrected chi connectivity index (χ4v) is 3.25. The molecule has 142 valence electrons. The second-order valence-corrected chi connectivity index (χ2v) is 6.93. The Hall–Kier alpha value is -2.29. The van der Waals surface area contributed by atoms with E-state index in [4.69, 9.17) is 4.74 Å². The van der Waals surface area contributed by atoms with E-state index in [9.17, 15) is 13.9 Å². The molecule has 0 unspecified atom stereocenters. The zero-order valence-corrected chi connectivity index (χ0v) is 15.5. The van der Waals surface area contributed by atoms with Gasteiger partial charge in [0.25, 0.3) is 0 Å². The summed E-state index contributed by atoms with van der Waals surface area (Å²) in [6, 6.07) is 12.4. The van der Waals surface area contributed by atoms with Crippen LogP contribution >= 0.6 is 11.8 Å². The van der Waals surface area contributed by atoms with E-state index in [1.54, 1.807) is 34.9 Å². The van der Waals surface area contributed by atoms with Crippen molar-refractivity contribution in [2.24, 2.45) is 7.05 Å². The Morgan fingerprint density at radius 1 is 1.11 bits per heavy atom. The molecule has 0 spiro atoms. The highest BCUT2D eigenvalue weighted by Gasteiger charge is 2.14. The third kappa shape index (κ3) is 5.12. The highest BCUT2D eigenvalue weighted by atomic mass is 32.2. The summed E-state index contributed by atoms with van der Waals surface area (Å²) in [5.74, 6) is 0.331. The summed E-state index contributed by atoms with van der Waals surface area (Å²) in [5, 5.41) is 18.9. The first-order chi connectivity index (χ1) is 13.0. The fraction of sp³-hybridized carbons (Fsp3) is 0.263. The zero-order valence-electron chi connectivity index (χ0n) is 14.7. The van der Waals surface area contributed by atoms with Gasteiger partial charge in [0.1, 0.15) is 11.6 Å². The van der Waals surface area contributed by atoms with Crippen molar-refractivity contribution in [2.45, 2.75) is 17.9 Å². The molecule has 0 fully saturated rings. The molecule has 0 aliphatic carbocycles. The van der Waals surface area contributed by atoms with E-state index >= 15 is 0 Å². The van der Waals surface area contributed by atoms with Gasteiger partial charge in [-0.3, -0.25) is 0 Å². The van der Waals surface area contributed by atoms with Crippen molar-refractivity contribution in [2.75, 3.05) is 12.4 Å². The lowest BCUT2D eigenvalue weighted by Gasteiger charge is -2.11. The average Bonchev–Trinajstić information content (AvgIpc) is 3.03. The second kappa shape index (κ2) is 9.07. The number of hydrogen-bond donors (Lipinski definition) is 1. The molecular formula is C19H19F2N3O2S. The lowest BCUT2D eigenvalue weighted by atomic mass is 10.2. The maximum absolute atomic E-state index is 13.5. The Kier molecular flexibility index (Phi) is 6.54. The van der Waals surface area contributed by atoms with Crippen LogP contribution in [-0.4, -0.2) is 38.3 Å². The molecule has 0 aliphatic rings. The van der Waals surface area contributed by atoms with Crippen LogP contribution in [0.1, 0.15) is 5.56 Å². The van der Waals surface area contributed by atoms with Crippen molar-refractivity contribution in [3.05, 3.63) is 65.7 Å². The monoisotopic (exact) mass is 391 g/mol. The SMILES string of the molecule is Cn1c(SC[C@@H](O)COCc2ccccc2F)nnc1-c1ccc(F)cc1. The molecule has 0 saturated carbocycles. The summed E-state index contributed by atoms with van der Waals surface area (Å²) in [5.41, 5.74) is 1.21. The Labute approximate surface area is 160 Å². The van der Waals surface area contributed by atoms with Gasteiger partial charge in [-0.1, -0.05) is 30.0 Å². The number of rotatable bonds is 8. The molecule has 1 heterocycles. The summed E-state index contributed by atoms with van der Waals surface area (Å²) in [4.78, 5) is 0. The van der Waals surface area contributed by atoms with Crippen molar-refractivity contribution < 1.29 is 18.6 Å². The van der Waals surface area contributed by atoms with Gasteiger partial charge in [0.15, 0.2) is 11.0 Å². The third-order valence-electron chi connectivity index (χ3n) is 3.87. The number of benzene rings is 2. The summed E-state index contributed by atoms with van der Waals surface area (Å²) in [6.45, 7) is 0.192. The molecule has 0 aliphatic heterocycles. The van der Waals surface area contributed by atoms with Crippen LogP contribution in [0, 0.1) is 11.6 Å². The van der Waals surface area contributed by atoms with Gasteiger partial charge in [-0.15, -0.1) is 10.2 Å². The minimum atomic E-state index is -0.729. The molecule has 1 atom stereocenters. The van der Waals surface area contributed by atoms with Gasteiger partial charge < -0.3 is 14.4 Å². The van der Waals surface area contributed by atoms with E-state index in [1.165, 1.54) is 30.0 Å². The maximum atomic E-state index is 13.5. The average molecular weight is 391 g/mol. The van der Waals surface area contributed by atoms with Gasteiger partial charge in [-0.25, -0.2) is 8.78 Å². The first kappa shape index (κ1) is 19.5. The number of aliphatic hydroxyl groups is 1. The molecule has 3 aromatic rings. The van der Waals surface area contributed by atoms with Crippen molar-refractivity contribution >= 4 is 11.8 Å². The topological polar surface area (TPSA) is 60.2 Å². The number of hydrogen-bond acceptors (Lipinski definition) is 5. The van der Waals surface area contributed by atoms with Crippen LogP contribution in [0.4, 0.5) is 8.78 Å². The van der Waals surface area contributed by atoms with Crippen molar-refractivity contribution in [1.29, 1.82) is 0 Å². The number of halogens is 2. The zero-order chi connectivity index (χ0) is 19.2. The van der Waals surface area contributed by atoms with Crippen molar-refractivity contribution in [1.82, 2.24) is 14.8 Å². The van der Waals surface area contributed by atoms with Crippen LogP contribution in [0.5, 0.6) is 0 Å². The van der Waals surface area contributed by atoms with Gasteiger partial charge >= 0.3 is 0 Å². The lowest BCUT2D eigenvalue weighted by Crippen LogP contribution is -2.18. The number of thioether (sulfide) groups is 1. The number of aromatic nitrogens is 3. The molecule has 2 aromatic carbocycles. The van der Waals surface area contributed by atoms with Gasteiger partial charge in [-0.2, -0.15) is 0 Å². The fourth-order valence-electron chi connectivity index (χ4n) is 2.43. The third-order valence-corrected chi connectivity index (χ3v) is 5.03. The first-order valence-electron chi connectivity index (χ1n) is 8.32. The highest BCUT2D eigenvalue weighted by molar-refractivity contribution is 7.99. The van der Waals surface area contributed by atoms with E-state index < -0.39 is 6.10 Å². The van der Waals surface area contributed by atoms with Gasteiger partial charge in [-0.05, 0) is 30.3 Å². The molecule has 1 N–H and O–H groups in total. The standard InChI is InChI=1S/C19H19F2N3O2S/c1-24-18(13-6-8-15(20)9-7-13)22-23-19(24)27-12-16(25)11-26-10-14-4-2-3-5-17(14)21/h2-9,16,25H,10-12H2,1H3/t16-/m0/s1. The second-order valence-electron chi connectivity index (χ2n) is 5.94. The lowest BCUT2D eigenvalue weighted by molar-refractivity contribution is 0.0386. The van der Waals surface area contributed by atoms with E-state index in [1.807, 2.05) is 7.05 Å². The van der Waals surface area contributed by atoms with Crippen molar-refractivity contribution in [3.8, 4) is 11.4 Å². The van der Waals surface area contributed by atoms with E-state index in [2.05, 4.69) is 10.2 Å². The predicted octanol–water partition coefficient (Wildman–Crippen LogP) is 3.43. The summed E-state index contributed by atoms with van der Waals surface area (Å²) in [7, 11) is 1.81. The van der Waals surface area contributed by atoms with Crippen LogP contribution in [0.15, 0.2) is 53.7 Å². The molecular weight excluding hydrogens is 372 g/mol. The first-order valence-corrected chi connectivity index (χ1v) is 9.30. The maximum Gasteiger partial charge on any atom is 0.191 e. The van der Waals surface area contributed by atoms with Crippen molar-refractivity contribution in [3.63, 3.8) is 0 Å². The van der Waals surface area contributed by atoms with Crippen LogP contribution in [-0.2, 0) is 18.4 Å². The molecule has 3 rings (SSSR count). The number of aliphatic hydroxyl groups excluding tert-OH is 1. The van der Waals surface area contributed by atoms with Crippen LogP contribution < -0.4 is 0 Å². The molecule has 0 bridgehead atoms. The summed E-state index contributed by atoms with van der Waals surface area (Å²) in [6.07, 6.45) is -0.729. The molecule has 0 saturated heterocycles. The van der Waals surface area contributed by atoms with Gasteiger partial charge in [0.2, 0.25) is 0 Å². The molecule has 8 heteroatoms. The van der Waals surface area contributed by atoms with Crippen LogP contribution in [0.2, 0.25) is 0 Å². The molecule has 1 aromatic heterocycles. The van der Waals surface area contributed by atoms with E-state index in [0.29, 0.717) is 22.3 Å². The summed E-state index contributed by atoms with van der Waals surface area (Å²) < 4.78 is 33.7. The number of nitrogens with zero attached hydrogens (tertiary/aromatic N) is 3. The Morgan fingerprint density at radius 2 is 1.85 bits per heavy atom.